The van der Waals surface area contributed by atoms with E-state index >= 15 is 0 Å². The van der Waals surface area contributed by atoms with Gasteiger partial charge in [0.05, 0.1) is 34.4 Å². The molecule has 8 nitrogen and oxygen atoms in total. The quantitative estimate of drug-likeness (QED) is 0.492. The van der Waals surface area contributed by atoms with Crippen LogP contribution in [0.3, 0.4) is 0 Å². The number of hydrogen-bond donors (Lipinski definition) is 2. The van der Waals surface area contributed by atoms with Gasteiger partial charge in [-0.3, -0.25) is 14.9 Å². The van der Waals surface area contributed by atoms with Crippen LogP contribution in [0.5, 0.6) is 5.75 Å². The largest absolute Gasteiger partial charge is 0.497 e. The Hall–Kier alpha value is -3.72. The van der Waals surface area contributed by atoms with Gasteiger partial charge in [-0.05, 0) is 30.3 Å². The number of hydrogen-bond acceptors (Lipinski definition) is 6. The lowest BCUT2D eigenvalue weighted by Gasteiger charge is -2.02. The minimum absolute atomic E-state index is 0.264. The maximum Gasteiger partial charge on any atom is 0.262 e. The molecule has 0 saturated heterocycles. The first-order valence-electron chi connectivity index (χ1n) is 8.39. The summed E-state index contributed by atoms with van der Waals surface area (Å²) >= 11 is 1.34. The van der Waals surface area contributed by atoms with Crippen LogP contribution in [-0.4, -0.2) is 32.6 Å². The number of thiazole rings is 1. The number of H-pyrrole nitrogens is 1. The molecule has 138 valence electrons. The van der Waals surface area contributed by atoms with E-state index in [1.807, 2.05) is 24.3 Å². The van der Waals surface area contributed by atoms with Crippen LogP contribution in [0.1, 0.15) is 10.4 Å². The predicted octanol–water partition coefficient (Wildman–Crippen LogP) is 3.05. The number of aromatic nitrogens is 4. The number of carbonyl (C=O) groups is 1. The van der Waals surface area contributed by atoms with E-state index in [4.69, 9.17) is 4.74 Å². The van der Waals surface area contributed by atoms with Crippen molar-refractivity contribution in [3.63, 3.8) is 0 Å². The van der Waals surface area contributed by atoms with E-state index in [0.717, 1.165) is 16.0 Å². The maximum absolute atomic E-state index is 12.8. The highest BCUT2D eigenvalue weighted by molar-refractivity contribution is 7.22. The molecule has 0 aliphatic heterocycles. The Morgan fingerprint density at radius 2 is 2.11 bits per heavy atom. The summed E-state index contributed by atoms with van der Waals surface area (Å²) in [4.78, 5) is 32.3. The molecule has 2 N–H and O–H groups in total. The fourth-order valence-electron chi connectivity index (χ4n) is 3.09. The van der Waals surface area contributed by atoms with Gasteiger partial charge in [0.1, 0.15) is 17.0 Å². The summed E-state index contributed by atoms with van der Waals surface area (Å²) in [5, 5.41) is 8.01. The van der Waals surface area contributed by atoms with Crippen LogP contribution in [0.15, 0.2) is 53.5 Å². The van der Waals surface area contributed by atoms with E-state index in [1.54, 1.807) is 29.8 Å². The molecule has 3 heterocycles. The van der Waals surface area contributed by atoms with Gasteiger partial charge in [-0.25, -0.2) is 9.50 Å². The van der Waals surface area contributed by atoms with Crippen LogP contribution < -0.4 is 15.6 Å². The number of methoxy groups -OCH3 is 1. The van der Waals surface area contributed by atoms with Crippen molar-refractivity contribution in [3.8, 4) is 5.75 Å². The molecule has 2 aromatic carbocycles. The van der Waals surface area contributed by atoms with Crippen LogP contribution in [-0.2, 0) is 0 Å². The Morgan fingerprint density at radius 3 is 2.96 bits per heavy atom. The van der Waals surface area contributed by atoms with Gasteiger partial charge >= 0.3 is 0 Å². The van der Waals surface area contributed by atoms with E-state index in [2.05, 4.69) is 20.4 Å². The standard InChI is InChI=1S/C19H13N5O3S/c1-27-10-6-7-13-15(8-10)28-19(21-13)23-18(26)12-9-20-24-14-5-3-2-4-11(14)17(25)22-16(12)24/h2-9H,1H3,(H,22,25)(H,21,23,26). The summed E-state index contributed by atoms with van der Waals surface area (Å²) in [6.07, 6.45) is 1.43. The first kappa shape index (κ1) is 16.5. The molecule has 0 fully saturated rings. The van der Waals surface area contributed by atoms with Crippen LogP contribution in [0.2, 0.25) is 0 Å². The Balaban J connectivity index is 1.55. The number of benzene rings is 2. The third kappa shape index (κ3) is 2.52. The summed E-state index contributed by atoms with van der Waals surface area (Å²) in [6, 6.07) is 12.6. The van der Waals surface area contributed by atoms with Gasteiger partial charge in [0, 0.05) is 0 Å². The summed E-state index contributed by atoms with van der Waals surface area (Å²) in [5.41, 5.74) is 1.72. The molecule has 3 aromatic heterocycles. The zero-order valence-electron chi connectivity index (χ0n) is 14.6. The van der Waals surface area contributed by atoms with Crippen molar-refractivity contribution < 1.29 is 9.53 Å². The second-order valence-corrected chi connectivity index (χ2v) is 7.13. The normalized spacial score (nSPS) is 11.3. The Labute approximate surface area is 161 Å². The number of aromatic amines is 1. The molecular weight excluding hydrogens is 378 g/mol. The fourth-order valence-corrected chi connectivity index (χ4v) is 3.98. The number of nitrogens with zero attached hydrogens (tertiary/aromatic N) is 3. The van der Waals surface area contributed by atoms with Crippen molar-refractivity contribution in [3.05, 3.63) is 64.6 Å². The van der Waals surface area contributed by atoms with E-state index < -0.39 is 5.91 Å². The summed E-state index contributed by atoms with van der Waals surface area (Å²) < 4.78 is 7.66. The minimum Gasteiger partial charge on any atom is -0.497 e. The number of fused-ring (bicyclic) bond motifs is 4. The van der Waals surface area contributed by atoms with Crippen molar-refractivity contribution in [2.75, 3.05) is 12.4 Å². The van der Waals surface area contributed by atoms with Crippen molar-refractivity contribution in [2.45, 2.75) is 0 Å². The van der Waals surface area contributed by atoms with E-state index in [-0.39, 0.29) is 11.1 Å². The smallest absolute Gasteiger partial charge is 0.262 e. The molecule has 0 aliphatic carbocycles. The van der Waals surface area contributed by atoms with Gasteiger partial charge in [0.25, 0.3) is 11.5 Å². The number of amides is 1. The predicted molar refractivity (Wildman–Crippen MR) is 107 cm³/mol. The average Bonchev–Trinajstić information content (AvgIpc) is 3.31. The molecule has 0 spiro atoms. The van der Waals surface area contributed by atoms with Crippen molar-refractivity contribution in [1.29, 1.82) is 0 Å². The van der Waals surface area contributed by atoms with Crippen LogP contribution >= 0.6 is 11.3 Å². The molecule has 9 heteroatoms. The van der Waals surface area contributed by atoms with Gasteiger partial charge in [0.2, 0.25) is 0 Å². The second-order valence-electron chi connectivity index (χ2n) is 6.10. The molecular formula is C19H13N5O3S. The molecule has 5 rings (SSSR count). The molecule has 0 unspecified atom stereocenters. The summed E-state index contributed by atoms with van der Waals surface area (Å²) in [7, 11) is 1.60. The average molecular weight is 391 g/mol. The third-order valence-corrected chi connectivity index (χ3v) is 5.37. The van der Waals surface area contributed by atoms with E-state index in [1.165, 1.54) is 17.5 Å². The topological polar surface area (TPSA) is 101 Å². The number of nitrogens with one attached hydrogen (secondary N) is 2. The fraction of sp³-hybridized carbons (Fsp3) is 0.0526. The molecule has 0 bridgehead atoms. The molecule has 0 atom stereocenters. The van der Waals surface area contributed by atoms with Crippen LogP contribution in [0.4, 0.5) is 5.13 Å². The number of carbonyl (C=O) groups excluding carboxylic acids is 1. The summed E-state index contributed by atoms with van der Waals surface area (Å²) in [5.74, 6) is 0.327. The van der Waals surface area contributed by atoms with Gasteiger partial charge in [-0.1, -0.05) is 23.5 Å². The van der Waals surface area contributed by atoms with Crippen molar-refractivity contribution in [1.82, 2.24) is 19.6 Å². The highest BCUT2D eigenvalue weighted by Gasteiger charge is 2.17. The minimum atomic E-state index is -0.396. The first-order valence-corrected chi connectivity index (χ1v) is 9.20. The van der Waals surface area contributed by atoms with Crippen molar-refractivity contribution >= 4 is 49.1 Å². The number of rotatable bonds is 3. The molecule has 0 radical (unpaired) electrons. The molecule has 0 saturated carbocycles. The van der Waals surface area contributed by atoms with Gasteiger partial charge in [-0.15, -0.1) is 0 Å². The maximum atomic E-state index is 12.8. The Bertz CT molecular complexity index is 1430. The van der Waals surface area contributed by atoms with E-state index in [0.29, 0.717) is 21.7 Å². The highest BCUT2D eigenvalue weighted by Crippen LogP contribution is 2.29. The first-order chi connectivity index (χ1) is 13.6. The molecule has 5 aromatic rings. The van der Waals surface area contributed by atoms with Gasteiger partial charge in [-0.2, -0.15) is 5.10 Å². The molecule has 0 aliphatic rings. The second kappa shape index (κ2) is 6.17. The molecule has 28 heavy (non-hydrogen) atoms. The monoisotopic (exact) mass is 391 g/mol. The lowest BCUT2D eigenvalue weighted by molar-refractivity contribution is 0.102. The summed E-state index contributed by atoms with van der Waals surface area (Å²) in [6.45, 7) is 0. The number of ether oxygens (including phenoxy) is 1. The number of anilines is 1. The van der Waals surface area contributed by atoms with E-state index in [9.17, 15) is 9.59 Å². The van der Waals surface area contributed by atoms with Crippen LogP contribution in [0, 0.1) is 0 Å². The lowest BCUT2D eigenvalue weighted by Crippen LogP contribution is -2.15. The zero-order chi connectivity index (χ0) is 19.3. The van der Waals surface area contributed by atoms with Crippen molar-refractivity contribution in [2.24, 2.45) is 0 Å². The Kier molecular flexibility index (Phi) is 3.63. The molecule has 1 amide bonds. The third-order valence-electron chi connectivity index (χ3n) is 4.44. The SMILES string of the molecule is COc1ccc2nc(NC(=O)c3cnn4c3[nH]c(=O)c3ccccc34)sc2c1. The lowest BCUT2D eigenvalue weighted by atomic mass is 10.2. The van der Waals surface area contributed by atoms with Gasteiger partial charge in [0.15, 0.2) is 5.13 Å². The van der Waals surface area contributed by atoms with Gasteiger partial charge < -0.3 is 9.72 Å². The highest BCUT2D eigenvalue weighted by atomic mass is 32.1. The number of para-hydroxylation sites is 1. The Morgan fingerprint density at radius 1 is 1.25 bits per heavy atom. The zero-order valence-corrected chi connectivity index (χ0v) is 15.4. The van der Waals surface area contributed by atoms with Crippen LogP contribution in [0.25, 0.3) is 26.8 Å².